The summed E-state index contributed by atoms with van der Waals surface area (Å²) in [6.45, 7) is 2.41. The Balaban J connectivity index is 1.87. The van der Waals surface area contributed by atoms with E-state index in [4.69, 9.17) is 32.7 Å². The molecule has 0 heterocycles. The van der Waals surface area contributed by atoms with E-state index >= 15 is 0 Å². The van der Waals surface area contributed by atoms with Crippen LogP contribution in [0.5, 0.6) is 11.5 Å². The average Bonchev–Trinajstić information content (AvgIpc) is 2.84. The first kappa shape index (κ1) is 26.4. The molecule has 0 aliphatic heterocycles. The van der Waals surface area contributed by atoms with E-state index in [1.165, 1.54) is 12.1 Å². The Morgan fingerprint density at radius 2 is 1.86 bits per heavy atom. The van der Waals surface area contributed by atoms with Crippen molar-refractivity contribution in [2.24, 2.45) is 0 Å². The lowest BCUT2D eigenvalue weighted by Gasteiger charge is -2.15. The minimum Gasteiger partial charge on any atom is -0.490 e. The van der Waals surface area contributed by atoms with Crippen LogP contribution in [0.4, 0.5) is 5.69 Å². The fourth-order valence-corrected chi connectivity index (χ4v) is 4.15. The SMILES string of the molecule is CCOc1cc(/C=C(\C#N)C(=O)Nc2ccc(Cl)c(Cl)c2)cc(I)c1OCc1ccccc1C#N. The first-order chi connectivity index (χ1) is 16.9. The summed E-state index contributed by atoms with van der Waals surface area (Å²) in [5, 5.41) is 22.2. The number of amides is 1. The Bertz CT molecular complexity index is 1380. The quantitative estimate of drug-likeness (QED) is 0.167. The van der Waals surface area contributed by atoms with Crippen molar-refractivity contribution in [3.8, 4) is 23.6 Å². The maximum atomic E-state index is 12.7. The Labute approximate surface area is 226 Å². The van der Waals surface area contributed by atoms with Gasteiger partial charge >= 0.3 is 0 Å². The number of benzene rings is 3. The summed E-state index contributed by atoms with van der Waals surface area (Å²) in [5.74, 6) is 0.380. The minimum atomic E-state index is -0.590. The largest absolute Gasteiger partial charge is 0.490 e. The van der Waals surface area contributed by atoms with Gasteiger partial charge in [-0.2, -0.15) is 10.5 Å². The van der Waals surface area contributed by atoms with Crippen molar-refractivity contribution in [1.29, 1.82) is 10.5 Å². The Morgan fingerprint density at radius 1 is 1.09 bits per heavy atom. The highest BCUT2D eigenvalue weighted by molar-refractivity contribution is 14.1. The lowest BCUT2D eigenvalue weighted by Crippen LogP contribution is -2.13. The molecule has 176 valence electrons. The van der Waals surface area contributed by atoms with E-state index in [-0.39, 0.29) is 17.2 Å². The molecule has 0 bridgehead atoms. The molecule has 6 nitrogen and oxygen atoms in total. The number of hydrogen-bond donors (Lipinski definition) is 1. The first-order valence-electron chi connectivity index (χ1n) is 10.3. The molecule has 0 aromatic heterocycles. The van der Waals surface area contributed by atoms with E-state index < -0.39 is 5.91 Å². The van der Waals surface area contributed by atoms with Gasteiger partial charge in [0.25, 0.3) is 5.91 Å². The van der Waals surface area contributed by atoms with Gasteiger partial charge in [0.1, 0.15) is 18.2 Å². The monoisotopic (exact) mass is 617 g/mol. The van der Waals surface area contributed by atoms with Crippen molar-refractivity contribution in [3.05, 3.63) is 90.5 Å². The number of nitrogens with zero attached hydrogens (tertiary/aromatic N) is 2. The molecule has 0 fully saturated rings. The number of halogens is 3. The summed E-state index contributed by atoms with van der Waals surface area (Å²) in [4.78, 5) is 12.7. The van der Waals surface area contributed by atoms with Crippen LogP contribution in [0.25, 0.3) is 6.08 Å². The molecule has 3 aromatic carbocycles. The van der Waals surface area contributed by atoms with Gasteiger partial charge in [-0.25, -0.2) is 0 Å². The molecule has 0 radical (unpaired) electrons. The summed E-state index contributed by atoms with van der Waals surface area (Å²) in [7, 11) is 0. The number of ether oxygens (including phenoxy) is 2. The number of rotatable bonds is 8. The van der Waals surface area contributed by atoms with Gasteiger partial charge in [0, 0.05) is 11.3 Å². The normalized spacial score (nSPS) is 10.7. The van der Waals surface area contributed by atoms with Crippen LogP contribution < -0.4 is 14.8 Å². The van der Waals surface area contributed by atoms with Crippen molar-refractivity contribution in [1.82, 2.24) is 0 Å². The second kappa shape index (κ2) is 12.5. The Kier molecular flexibility index (Phi) is 9.39. The summed E-state index contributed by atoms with van der Waals surface area (Å²) < 4.78 is 12.5. The summed E-state index contributed by atoms with van der Waals surface area (Å²) in [6.07, 6.45) is 1.46. The molecular weight excluding hydrogens is 600 g/mol. The summed E-state index contributed by atoms with van der Waals surface area (Å²) in [5.41, 5.74) is 2.18. The van der Waals surface area contributed by atoms with Crippen LogP contribution >= 0.6 is 45.8 Å². The van der Waals surface area contributed by atoms with Crippen molar-refractivity contribution >= 4 is 63.5 Å². The lowest BCUT2D eigenvalue weighted by atomic mass is 10.1. The fraction of sp³-hybridized carbons (Fsp3) is 0.115. The maximum Gasteiger partial charge on any atom is 0.266 e. The van der Waals surface area contributed by atoms with Crippen LogP contribution in [0.3, 0.4) is 0 Å². The number of nitriles is 2. The van der Waals surface area contributed by atoms with Crippen LogP contribution in [0.15, 0.2) is 60.2 Å². The smallest absolute Gasteiger partial charge is 0.266 e. The van der Waals surface area contributed by atoms with Crippen LogP contribution in [0, 0.1) is 26.2 Å². The number of carbonyl (C=O) groups excluding carboxylic acids is 1. The predicted octanol–water partition coefficient (Wildman–Crippen LogP) is 6.99. The van der Waals surface area contributed by atoms with Gasteiger partial charge in [0.05, 0.1) is 31.9 Å². The molecule has 35 heavy (non-hydrogen) atoms. The van der Waals surface area contributed by atoms with Crippen molar-refractivity contribution in [3.63, 3.8) is 0 Å². The third-order valence-electron chi connectivity index (χ3n) is 4.70. The highest BCUT2D eigenvalue weighted by atomic mass is 127. The molecule has 1 amide bonds. The number of hydrogen-bond acceptors (Lipinski definition) is 5. The number of carbonyl (C=O) groups is 1. The van der Waals surface area contributed by atoms with E-state index in [1.807, 2.05) is 25.1 Å². The molecule has 0 saturated heterocycles. The average molecular weight is 618 g/mol. The fourth-order valence-electron chi connectivity index (χ4n) is 3.07. The Hall–Kier alpha value is -3.24. The van der Waals surface area contributed by atoms with E-state index in [9.17, 15) is 15.3 Å². The molecule has 0 aliphatic rings. The molecule has 0 saturated carbocycles. The second-order valence-corrected chi connectivity index (χ2v) is 9.05. The van der Waals surface area contributed by atoms with E-state index in [0.29, 0.717) is 39.9 Å². The van der Waals surface area contributed by atoms with Gasteiger partial charge in [-0.15, -0.1) is 0 Å². The van der Waals surface area contributed by atoms with Crippen LogP contribution in [-0.2, 0) is 11.4 Å². The van der Waals surface area contributed by atoms with Gasteiger partial charge in [-0.05, 0) is 77.6 Å². The standard InChI is InChI=1S/C26H18Cl2IN3O3/c1-2-34-24-11-16(9-19(14-31)26(33)32-20-7-8-21(27)22(28)12-20)10-23(29)25(24)35-15-18-6-4-3-5-17(18)13-30/h3-12H,2,15H2,1H3,(H,32,33)/b19-9+. The highest BCUT2D eigenvalue weighted by Gasteiger charge is 2.15. The molecule has 0 aliphatic carbocycles. The van der Waals surface area contributed by atoms with Gasteiger partial charge in [-0.3, -0.25) is 4.79 Å². The zero-order valence-electron chi connectivity index (χ0n) is 18.4. The molecule has 0 atom stereocenters. The van der Waals surface area contributed by atoms with Crippen LogP contribution in [0.1, 0.15) is 23.6 Å². The van der Waals surface area contributed by atoms with Gasteiger partial charge in [-0.1, -0.05) is 41.4 Å². The topological polar surface area (TPSA) is 95.1 Å². The number of anilines is 1. The lowest BCUT2D eigenvalue weighted by molar-refractivity contribution is -0.112. The van der Waals surface area contributed by atoms with Crippen molar-refractivity contribution < 1.29 is 14.3 Å². The molecular formula is C26H18Cl2IN3O3. The van der Waals surface area contributed by atoms with Gasteiger partial charge < -0.3 is 14.8 Å². The van der Waals surface area contributed by atoms with Gasteiger partial charge in [0.15, 0.2) is 11.5 Å². The van der Waals surface area contributed by atoms with Crippen LogP contribution in [0.2, 0.25) is 10.0 Å². The number of nitrogens with one attached hydrogen (secondary N) is 1. The van der Waals surface area contributed by atoms with Crippen molar-refractivity contribution in [2.45, 2.75) is 13.5 Å². The van der Waals surface area contributed by atoms with Gasteiger partial charge in [0.2, 0.25) is 0 Å². The Morgan fingerprint density at radius 3 is 2.54 bits per heavy atom. The molecule has 3 rings (SSSR count). The highest BCUT2D eigenvalue weighted by Crippen LogP contribution is 2.36. The first-order valence-corrected chi connectivity index (χ1v) is 12.1. The molecule has 0 unspecified atom stereocenters. The zero-order chi connectivity index (χ0) is 25.4. The van der Waals surface area contributed by atoms with Crippen LogP contribution in [-0.4, -0.2) is 12.5 Å². The minimum absolute atomic E-state index is 0.106. The molecule has 3 aromatic rings. The third kappa shape index (κ3) is 6.89. The maximum absolute atomic E-state index is 12.7. The zero-order valence-corrected chi connectivity index (χ0v) is 22.1. The molecule has 1 N–H and O–H groups in total. The molecule has 9 heteroatoms. The summed E-state index contributed by atoms with van der Waals surface area (Å²) in [6, 6.07) is 19.4. The van der Waals surface area contributed by atoms with E-state index in [0.717, 1.165) is 9.13 Å². The third-order valence-corrected chi connectivity index (χ3v) is 6.24. The second-order valence-electron chi connectivity index (χ2n) is 7.07. The molecule has 0 spiro atoms. The van der Waals surface area contributed by atoms with Crippen molar-refractivity contribution in [2.75, 3.05) is 11.9 Å². The van der Waals surface area contributed by atoms with E-state index in [2.05, 4.69) is 34.0 Å². The summed E-state index contributed by atoms with van der Waals surface area (Å²) >= 11 is 14.0. The predicted molar refractivity (Wildman–Crippen MR) is 144 cm³/mol. The van der Waals surface area contributed by atoms with E-state index in [1.54, 1.807) is 36.4 Å².